The monoisotopic (exact) mass is 283 g/mol. The first-order valence-electron chi connectivity index (χ1n) is 7.60. The Morgan fingerprint density at radius 2 is 2.00 bits per heavy atom. The molecule has 1 unspecified atom stereocenters. The zero-order valence-corrected chi connectivity index (χ0v) is 12.3. The van der Waals surface area contributed by atoms with Crippen molar-refractivity contribution in [2.75, 3.05) is 45.9 Å². The van der Waals surface area contributed by atoms with Gasteiger partial charge in [0.1, 0.15) is 0 Å². The smallest absolute Gasteiger partial charge is 0.246 e. The topological polar surface area (TPSA) is 61.9 Å². The van der Waals surface area contributed by atoms with Crippen molar-refractivity contribution in [2.45, 2.75) is 32.2 Å². The van der Waals surface area contributed by atoms with Gasteiger partial charge in [0.15, 0.2) is 0 Å². The van der Waals surface area contributed by atoms with Crippen LogP contribution < -0.4 is 5.32 Å². The van der Waals surface area contributed by atoms with Crippen molar-refractivity contribution in [2.24, 2.45) is 0 Å². The molecule has 20 heavy (non-hydrogen) atoms. The lowest BCUT2D eigenvalue weighted by molar-refractivity contribution is -0.138. The van der Waals surface area contributed by atoms with Crippen LogP contribution in [-0.4, -0.2) is 73.6 Å². The van der Waals surface area contributed by atoms with Gasteiger partial charge in [-0.15, -0.1) is 0 Å². The van der Waals surface area contributed by atoms with Gasteiger partial charge in [-0.25, -0.2) is 0 Å². The van der Waals surface area contributed by atoms with Crippen LogP contribution in [0.15, 0.2) is 0 Å². The standard InChI is InChI=1S/C14H25N3O3/c1-2-5-17-13(18)11-12(14(17)19)15-4-3-6-16-7-9-20-10-8-16/h12,15H,2-11H2,1H3. The van der Waals surface area contributed by atoms with Crippen molar-refractivity contribution < 1.29 is 14.3 Å². The van der Waals surface area contributed by atoms with Crippen LogP contribution >= 0.6 is 0 Å². The molecule has 2 amide bonds. The zero-order valence-electron chi connectivity index (χ0n) is 12.3. The van der Waals surface area contributed by atoms with Gasteiger partial charge < -0.3 is 10.1 Å². The fourth-order valence-corrected chi connectivity index (χ4v) is 2.70. The van der Waals surface area contributed by atoms with Gasteiger partial charge in [-0.3, -0.25) is 19.4 Å². The highest BCUT2D eigenvalue weighted by Crippen LogP contribution is 2.13. The van der Waals surface area contributed by atoms with E-state index in [0.29, 0.717) is 13.0 Å². The highest BCUT2D eigenvalue weighted by molar-refractivity contribution is 6.05. The van der Waals surface area contributed by atoms with Crippen LogP contribution in [0.3, 0.4) is 0 Å². The average molecular weight is 283 g/mol. The first-order valence-corrected chi connectivity index (χ1v) is 7.60. The molecule has 114 valence electrons. The lowest BCUT2D eigenvalue weighted by Gasteiger charge is -2.26. The molecule has 2 aliphatic heterocycles. The number of nitrogens with zero attached hydrogens (tertiary/aromatic N) is 2. The Hall–Kier alpha value is -0.980. The quantitative estimate of drug-likeness (QED) is 0.519. The van der Waals surface area contributed by atoms with Crippen LogP contribution in [-0.2, 0) is 14.3 Å². The maximum absolute atomic E-state index is 12.0. The maximum Gasteiger partial charge on any atom is 0.246 e. The van der Waals surface area contributed by atoms with Gasteiger partial charge in [-0.05, 0) is 25.9 Å². The molecule has 0 aromatic rings. The van der Waals surface area contributed by atoms with Gasteiger partial charge in [0.2, 0.25) is 11.8 Å². The van der Waals surface area contributed by atoms with Crippen molar-refractivity contribution in [1.82, 2.24) is 15.1 Å². The van der Waals surface area contributed by atoms with Crippen LogP contribution in [0, 0.1) is 0 Å². The Morgan fingerprint density at radius 1 is 1.25 bits per heavy atom. The minimum Gasteiger partial charge on any atom is -0.379 e. The molecule has 2 rings (SSSR count). The third kappa shape index (κ3) is 4.01. The van der Waals surface area contributed by atoms with Crippen LogP contribution in [0.1, 0.15) is 26.2 Å². The highest BCUT2D eigenvalue weighted by Gasteiger charge is 2.37. The number of carbonyl (C=O) groups is 2. The van der Waals surface area contributed by atoms with E-state index < -0.39 is 0 Å². The molecule has 2 heterocycles. The van der Waals surface area contributed by atoms with Crippen LogP contribution in [0.2, 0.25) is 0 Å². The van der Waals surface area contributed by atoms with Crippen LogP contribution in [0.5, 0.6) is 0 Å². The number of rotatable bonds is 7. The Balaban J connectivity index is 1.64. The second kappa shape index (κ2) is 7.71. The summed E-state index contributed by atoms with van der Waals surface area (Å²) in [6, 6.07) is -0.307. The number of hydrogen-bond donors (Lipinski definition) is 1. The van der Waals surface area contributed by atoms with E-state index in [-0.39, 0.29) is 17.9 Å². The van der Waals surface area contributed by atoms with E-state index in [9.17, 15) is 9.59 Å². The van der Waals surface area contributed by atoms with Crippen LogP contribution in [0.25, 0.3) is 0 Å². The number of imide groups is 1. The maximum atomic E-state index is 12.0. The van der Waals surface area contributed by atoms with Gasteiger partial charge >= 0.3 is 0 Å². The molecule has 0 radical (unpaired) electrons. The Bertz CT molecular complexity index is 343. The van der Waals surface area contributed by atoms with Crippen molar-refractivity contribution >= 4 is 11.8 Å². The molecule has 0 aromatic carbocycles. The average Bonchev–Trinajstić information content (AvgIpc) is 2.73. The van der Waals surface area contributed by atoms with Crippen molar-refractivity contribution in [3.63, 3.8) is 0 Å². The number of likely N-dealkylation sites (tertiary alicyclic amines) is 1. The fourth-order valence-electron chi connectivity index (χ4n) is 2.70. The summed E-state index contributed by atoms with van der Waals surface area (Å²) in [5.41, 5.74) is 0. The summed E-state index contributed by atoms with van der Waals surface area (Å²) in [5, 5.41) is 3.22. The van der Waals surface area contributed by atoms with Crippen molar-refractivity contribution in [1.29, 1.82) is 0 Å². The summed E-state index contributed by atoms with van der Waals surface area (Å²) in [7, 11) is 0. The third-order valence-electron chi connectivity index (χ3n) is 3.84. The summed E-state index contributed by atoms with van der Waals surface area (Å²) in [6.07, 6.45) is 2.13. The van der Waals surface area contributed by atoms with Gasteiger partial charge in [0, 0.05) is 19.6 Å². The number of hydrogen-bond acceptors (Lipinski definition) is 5. The number of ether oxygens (including phenoxy) is 1. The van der Waals surface area contributed by atoms with Gasteiger partial charge in [-0.2, -0.15) is 0 Å². The molecular weight excluding hydrogens is 258 g/mol. The van der Waals surface area contributed by atoms with E-state index >= 15 is 0 Å². The molecule has 2 aliphatic rings. The first-order chi connectivity index (χ1) is 9.72. The van der Waals surface area contributed by atoms with E-state index in [4.69, 9.17) is 4.74 Å². The van der Waals surface area contributed by atoms with E-state index in [1.165, 1.54) is 4.90 Å². The number of nitrogens with one attached hydrogen (secondary N) is 1. The number of carbonyl (C=O) groups excluding carboxylic acids is 2. The zero-order chi connectivity index (χ0) is 14.4. The molecule has 2 fully saturated rings. The van der Waals surface area contributed by atoms with Crippen molar-refractivity contribution in [3.8, 4) is 0 Å². The lowest BCUT2D eigenvalue weighted by atomic mass is 10.2. The molecule has 0 bridgehead atoms. The van der Waals surface area contributed by atoms with Crippen LogP contribution in [0.4, 0.5) is 0 Å². The molecule has 0 spiro atoms. The summed E-state index contributed by atoms with van der Waals surface area (Å²) in [6.45, 7) is 7.93. The molecule has 0 aromatic heterocycles. The highest BCUT2D eigenvalue weighted by atomic mass is 16.5. The van der Waals surface area contributed by atoms with Crippen molar-refractivity contribution in [3.05, 3.63) is 0 Å². The minimum atomic E-state index is -0.307. The normalized spacial score (nSPS) is 24.6. The summed E-state index contributed by atoms with van der Waals surface area (Å²) >= 11 is 0. The fraction of sp³-hybridized carbons (Fsp3) is 0.857. The number of morpholine rings is 1. The summed E-state index contributed by atoms with van der Waals surface area (Å²) in [5.74, 6) is -0.0919. The summed E-state index contributed by atoms with van der Waals surface area (Å²) < 4.78 is 5.30. The SMILES string of the molecule is CCCN1C(=O)CC(NCCCN2CCOCC2)C1=O. The summed E-state index contributed by atoms with van der Waals surface area (Å²) in [4.78, 5) is 27.5. The van der Waals surface area contributed by atoms with E-state index in [1.54, 1.807) is 0 Å². The molecule has 6 heteroatoms. The Labute approximate surface area is 120 Å². The predicted molar refractivity (Wildman–Crippen MR) is 75.3 cm³/mol. The van der Waals surface area contributed by atoms with Gasteiger partial charge in [-0.1, -0.05) is 6.92 Å². The minimum absolute atomic E-state index is 0.0393. The molecule has 1 atom stereocenters. The predicted octanol–water partition coefficient (Wildman–Crippen LogP) is -0.164. The second-order valence-corrected chi connectivity index (χ2v) is 5.40. The molecule has 6 nitrogen and oxygen atoms in total. The lowest BCUT2D eigenvalue weighted by Crippen LogP contribution is -2.41. The van der Waals surface area contributed by atoms with Gasteiger partial charge in [0.25, 0.3) is 0 Å². The molecular formula is C14H25N3O3. The van der Waals surface area contributed by atoms with E-state index in [1.807, 2.05) is 6.92 Å². The molecule has 2 saturated heterocycles. The van der Waals surface area contributed by atoms with E-state index in [0.717, 1.165) is 52.2 Å². The Kier molecular flexibility index (Phi) is 5.94. The second-order valence-electron chi connectivity index (χ2n) is 5.40. The molecule has 0 saturated carbocycles. The molecule has 0 aliphatic carbocycles. The largest absolute Gasteiger partial charge is 0.379 e. The Morgan fingerprint density at radius 3 is 2.70 bits per heavy atom. The van der Waals surface area contributed by atoms with E-state index in [2.05, 4.69) is 10.2 Å². The number of amides is 2. The van der Waals surface area contributed by atoms with Gasteiger partial charge in [0.05, 0.1) is 25.7 Å². The first kappa shape index (κ1) is 15.4. The molecule has 1 N–H and O–H groups in total. The third-order valence-corrected chi connectivity index (χ3v) is 3.84.